The Morgan fingerprint density at radius 3 is 2.64 bits per heavy atom. The summed E-state index contributed by atoms with van der Waals surface area (Å²) in [6.45, 7) is 8.09. The molecule has 0 aromatic carbocycles. The summed E-state index contributed by atoms with van der Waals surface area (Å²) in [5.74, 6) is 0.496. The fourth-order valence-corrected chi connectivity index (χ4v) is 3.83. The van der Waals surface area contributed by atoms with E-state index < -0.39 is 10.0 Å². The molecule has 22 heavy (non-hydrogen) atoms. The zero-order chi connectivity index (χ0) is 16.2. The molecule has 124 valence electrons. The highest BCUT2D eigenvalue weighted by atomic mass is 32.2. The van der Waals surface area contributed by atoms with Gasteiger partial charge in [-0.05, 0) is 26.2 Å². The Morgan fingerprint density at radius 2 is 2.05 bits per heavy atom. The molecule has 1 aromatic rings. The van der Waals surface area contributed by atoms with Crippen molar-refractivity contribution in [3.8, 4) is 0 Å². The second-order valence-corrected chi connectivity index (χ2v) is 8.06. The molecular weight excluding hydrogens is 300 g/mol. The van der Waals surface area contributed by atoms with Crippen LogP contribution in [0.25, 0.3) is 0 Å². The summed E-state index contributed by atoms with van der Waals surface area (Å²) in [4.78, 5) is 10.9. The molecule has 1 saturated heterocycles. The van der Waals surface area contributed by atoms with Crippen LogP contribution in [0, 0.1) is 12.8 Å². The molecule has 1 fully saturated rings. The molecule has 0 radical (unpaired) electrons. The third-order valence-corrected chi connectivity index (χ3v) is 5.53. The van der Waals surface area contributed by atoms with Gasteiger partial charge < -0.3 is 0 Å². The van der Waals surface area contributed by atoms with E-state index in [4.69, 9.17) is 0 Å². The van der Waals surface area contributed by atoms with Crippen LogP contribution in [-0.4, -0.2) is 48.2 Å². The average molecular weight is 326 g/mol. The minimum Gasteiger partial charge on any atom is -0.296 e. The largest absolute Gasteiger partial charge is 0.296 e. The Kier molecular flexibility index (Phi) is 5.88. The van der Waals surface area contributed by atoms with Gasteiger partial charge >= 0.3 is 0 Å². The number of hydrogen-bond donors (Lipinski definition) is 1. The van der Waals surface area contributed by atoms with Gasteiger partial charge in [-0.25, -0.2) is 13.1 Å². The minimum atomic E-state index is -3.16. The van der Waals surface area contributed by atoms with Crippen LogP contribution < -0.4 is 4.72 Å². The predicted molar refractivity (Wildman–Crippen MR) is 86.8 cm³/mol. The summed E-state index contributed by atoms with van der Waals surface area (Å²) < 4.78 is 26.6. The zero-order valence-electron chi connectivity index (χ0n) is 13.6. The van der Waals surface area contributed by atoms with Gasteiger partial charge in [-0.15, -0.1) is 0 Å². The van der Waals surface area contributed by atoms with E-state index in [0.717, 1.165) is 43.9 Å². The van der Waals surface area contributed by atoms with Crippen LogP contribution in [0.5, 0.6) is 0 Å². The van der Waals surface area contributed by atoms with Crippen LogP contribution in [0.4, 0.5) is 0 Å². The van der Waals surface area contributed by atoms with Gasteiger partial charge in [0.05, 0.1) is 17.1 Å². The van der Waals surface area contributed by atoms with Gasteiger partial charge in [0.25, 0.3) is 0 Å². The Labute approximate surface area is 133 Å². The smallest absolute Gasteiger partial charge is 0.211 e. The SMILES string of the molecule is CCC[C@H]1CN(Cc2cnc(C)cn2)C[C@@H]1NS(=O)(=O)CC. The van der Waals surface area contributed by atoms with Crippen LogP contribution >= 0.6 is 0 Å². The Balaban J connectivity index is 2.01. The van der Waals surface area contributed by atoms with Gasteiger partial charge in [-0.1, -0.05) is 13.3 Å². The summed E-state index contributed by atoms with van der Waals surface area (Å²) in [6.07, 6.45) is 5.67. The van der Waals surface area contributed by atoms with E-state index >= 15 is 0 Å². The summed E-state index contributed by atoms with van der Waals surface area (Å²) in [7, 11) is -3.16. The van der Waals surface area contributed by atoms with Gasteiger partial charge in [-0.3, -0.25) is 14.9 Å². The number of aryl methyl sites for hydroxylation is 1. The fourth-order valence-electron chi connectivity index (χ4n) is 2.93. The minimum absolute atomic E-state index is 0.00306. The quantitative estimate of drug-likeness (QED) is 0.818. The molecule has 0 unspecified atom stereocenters. The van der Waals surface area contributed by atoms with E-state index in [9.17, 15) is 8.42 Å². The lowest BCUT2D eigenvalue weighted by atomic mass is 9.99. The van der Waals surface area contributed by atoms with Crippen molar-refractivity contribution in [2.45, 2.75) is 46.2 Å². The number of rotatable bonds is 7. The first-order valence-corrected chi connectivity index (χ1v) is 9.58. The third-order valence-electron chi connectivity index (χ3n) is 4.11. The number of hydrogen-bond acceptors (Lipinski definition) is 5. The molecule has 1 aliphatic heterocycles. The molecule has 2 heterocycles. The Bertz CT molecular complexity index is 574. The van der Waals surface area contributed by atoms with E-state index in [1.807, 2.05) is 6.92 Å². The molecule has 0 saturated carbocycles. The molecular formula is C15H26N4O2S. The number of sulfonamides is 1. The number of aromatic nitrogens is 2. The lowest BCUT2D eigenvalue weighted by Gasteiger charge is -2.18. The lowest BCUT2D eigenvalue weighted by Crippen LogP contribution is -2.41. The highest BCUT2D eigenvalue weighted by Crippen LogP contribution is 2.23. The Morgan fingerprint density at radius 1 is 1.27 bits per heavy atom. The van der Waals surface area contributed by atoms with Crippen molar-refractivity contribution in [2.75, 3.05) is 18.8 Å². The third kappa shape index (κ3) is 4.72. The van der Waals surface area contributed by atoms with Crippen LogP contribution in [0.2, 0.25) is 0 Å². The molecule has 1 aliphatic rings. The first-order valence-electron chi connectivity index (χ1n) is 7.93. The van der Waals surface area contributed by atoms with Crippen LogP contribution in [0.3, 0.4) is 0 Å². The van der Waals surface area contributed by atoms with E-state index in [-0.39, 0.29) is 11.8 Å². The highest BCUT2D eigenvalue weighted by molar-refractivity contribution is 7.89. The van der Waals surface area contributed by atoms with E-state index in [1.54, 1.807) is 19.3 Å². The molecule has 7 heteroatoms. The molecule has 0 spiro atoms. The maximum absolute atomic E-state index is 11.9. The van der Waals surface area contributed by atoms with Crippen molar-refractivity contribution in [1.29, 1.82) is 0 Å². The van der Waals surface area contributed by atoms with E-state index in [0.29, 0.717) is 5.92 Å². The summed E-state index contributed by atoms with van der Waals surface area (Å²) in [6, 6.07) is 0.00306. The lowest BCUT2D eigenvalue weighted by molar-refractivity contribution is 0.308. The Hall–Kier alpha value is -1.05. The van der Waals surface area contributed by atoms with Crippen LogP contribution in [0.1, 0.15) is 38.1 Å². The molecule has 2 atom stereocenters. The second-order valence-electron chi connectivity index (χ2n) is 6.02. The van der Waals surface area contributed by atoms with Gasteiger partial charge in [-0.2, -0.15) is 0 Å². The van der Waals surface area contributed by atoms with Crippen molar-refractivity contribution in [3.05, 3.63) is 23.8 Å². The molecule has 6 nitrogen and oxygen atoms in total. The first kappa shape index (κ1) is 17.3. The van der Waals surface area contributed by atoms with Crippen molar-refractivity contribution >= 4 is 10.0 Å². The normalized spacial score (nSPS) is 23.0. The summed E-state index contributed by atoms with van der Waals surface area (Å²) >= 11 is 0. The van der Waals surface area contributed by atoms with Gasteiger partial charge in [0.1, 0.15) is 0 Å². The standard InChI is InChI=1S/C15H26N4O2S/c1-4-6-13-9-19(10-14-8-16-12(3)7-17-14)11-15(13)18-22(20,21)5-2/h7-8,13,15,18H,4-6,9-11H2,1-3H3/t13-,15-/m0/s1. The van der Waals surface area contributed by atoms with E-state index in [2.05, 4.69) is 26.5 Å². The molecule has 1 aromatic heterocycles. The summed E-state index contributed by atoms with van der Waals surface area (Å²) in [5, 5.41) is 0. The predicted octanol–water partition coefficient (Wildman–Crippen LogP) is 1.32. The topological polar surface area (TPSA) is 75.2 Å². The first-order chi connectivity index (χ1) is 10.4. The monoisotopic (exact) mass is 326 g/mol. The molecule has 0 bridgehead atoms. The van der Waals surface area contributed by atoms with Crippen LogP contribution in [0.15, 0.2) is 12.4 Å². The fraction of sp³-hybridized carbons (Fsp3) is 0.733. The average Bonchev–Trinajstić information content (AvgIpc) is 2.83. The van der Waals surface area contributed by atoms with Crippen molar-refractivity contribution < 1.29 is 8.42 Å². The molecule has 2 rings (SSSR count). The zero-order valence-corrected chi connectivity index (χ0v) is 14.4. The maximum Gasteiger partial charge on any atom is 0.211 e. The van der Waals surface area contributed by atoms with Gasteiger partial charge in [0.2, 0.25) is 10.0 Å². The van der Waals surface area contributed by atoms with Crippen LogP contribution in [-0.2, 0) is 16.6 Å². The van der Waals surface area contributed by atoms with Crippen molar-refractivity contribution in [2.24, 2.45) is 5.92 Å². The van der Waals surface area contributed by atoms with Gasteiger partial charge in [0, 0.05) is 38.1 Å². The number of nitrogens with zero attached hydrogens (tertiary/aromatic N) is 3. The number of likely N-dealkylation sites (tertiary alicyclic amines) is 1. The van der Waals surface area contributed by atoms with Crippen molar-refractivity contribution in [3.63, 3.8) is 0 Å². The second kappa shape index (κ2) is 7.48. The highest BCUT2D eigenvalue weighted by Gasteiger charge is 2.34. The van der Waals surface area contributed by atoms with Crippen molar-refractivity contribution in [1.82, 2.24) is 19.6 Å². The molecule has 1 N–H and O–H groups in total. The number of nitrogens with one attached hydrogen (secondary N) is 1. The van der Waals surface area contributed by atoms with E-state index in [1.165, 1.54) is 0 Å². The van der Waals surface area contributed by atoms with Gasteiger partial charge in [0.15, 0.2) is 0 Å². The molecule has 0 amide bonds. The summed E-state index contributed by atoms with van der Waals surface area (Å²) in [5.41, 5.74) is 1.84. The maximum atomic E-state index is 11.9. The molecule has 0 aliphatic carbocycles.